The molecule has 144 valence electrons. The second kappa shape index (κ2) is 8.99. The molecule has 1 N–H and O–H groups in total. The number of likely N-dealkylation sites (N-methyl/N-ethyl adjacent to an activating group) is 1. The van der Waals surface area contributed by atoms with Crippen LogP contribution in [0, 0.1) is 0 Å². The number of carbonyl (C=O) groups is 2. The van der Waals surface area contributed by atoms with Gasteiger partial charge in [0.2, 0.25) is 5.91 Å². The third-order valence-corrected chi connectivity index (χ3v) is 4.53. The minimum absolute atomic E-state index is 0.105. The number of amides is 2. The second-order valence-electron chi connectivity index (χ2n) is 6.37. The van der Waals surface area contributed by atoms with E-state index in [1.807, 2.05) is 56.3 Å². The maximum atomic E-state index is 12.4. The first-order valence-electron chi connectivity index (χ1n) is 9.40. The molecule has 6 nitrogen and oxygen atoms in total. The van der Waals surface area contributed by atoms with Gasteiger partial charge in [0, 0.05) is 25.0 Å². The van der Waals surface area contributed by atoms with E-state index in [0.29, 0.717) is 30.9 Å². The predicted octanol–water partition coefficient (Wildman–Crippen LogP) is 3.54. The number of anilines is 1. The highest BCUT2D eigenvalue weighted by atomic mass is 16.2. The fourth-order valence-corrected chi connectivity index (χ4v) is 2.93. The van der Waals surface area contributed by atoms with Crippen molar-refractivity contribution in [3.05, 3.63) is 78.1 Å². The highest BCUT2D eigenvalue weighted by Gasteiger charge is 2.12. The van der Waals surface area contributed by atoms with E-state index in [4.69, 9.17) is 0 Å². The Bertz CT molecular complexity index is 929. The molecule has 1 heterocycles. The van der Waals surface area contributed by atoms with Crippen molar-refractivity contribution in [2.75, 3.05) is 18.4 Å². The Morgan fingerprint density at radius 3 is 2.29 bits per heavy atom. The van der Waals surface area contributed by atoms with Crippen molar-refractivity contribution < 1.29 is 9.59 Å². The molecule has 28 heavy (non-hydrogen) atoms. The smallest absolute Gasteiger partial charge is 0.276 e. The van der Waals surface area contributed by atoms with Crippen molar-refractivity contribution in [2.24, 2.45) is 0 Å². The molecule has 0 unspecified atom stereocenters. The summed E-state index contributed by atoms with van der Waals surface area (Å²) < 4.78 is 1.66. The van der Waals surface area contributed by atoms with Gasteiger partial charge in [-0.2, -0.15) is 5.10 Å². The summed E-state index contributed by atoms with van der Waals surface area (Å²) in [6, 6.07) is 18.6. The maximum Gasteiger partial charge on any atom is 0.276 e. The third kappa shape index (κ3) is 4.65. The largest absolute Gasteiger partial charge is 0.343 e. The minimum Gasteiger partial charge on any atom is -0.343 e. The molecule has 6 heteroatoms. The van der Waals surface area contributed by atoms with Gasteiger partial charge in [0.15, 0.2) is 5.69 Å². The molecule has 0 aliphatic heterocycles. The van der Waals surface area contributed by atoms with Crippen LogP contribution in [0.2, 0.25) is 0 Å². The Morgan fingerprint density at radius 1 is 0.964 bits per heavy atom. The average molecular weight is 376 g/mol. The number of carbonyl (C=O) groups excluding carboxylic acids is 2. The molecule has 0 spiro atoms. The molecular formula is C22H24N4O2. The predicted molar refractivity (Wildman–Crippen MR) is 110 cm³/mol. The number of hydrogen-bond acceptors (Lipinski definition) is 3. The standard InChI is InChI=1S/C22H24N4O2/c1-3-25(4-2)21(27)16-17-10-12-18(13-11-17)23-22(28)20-14-15-26(24-20)19-8-6-5-7-9-19/h5-15H,3-4,16H2,1-2H3,(H,23,28). The van der Waals surface area contributed by atoms with Gasteiger partial charge in [0.25, 0.3) is 5.91 Å². The summed E-state index contributed by atoms with van der Waals surface area (Å²) in [5, 5.41) is 7.16. The Labute approximate surface area is 164 Å². The van der Waals surface area contributed by atoms with Crippen LogP contribution in [0.4, 0.5) is 5.69 Å². The first-order valence-corrected chi connectivity index (χ1v) is 9.40. The maximum absolute atomic E-state index is 12.4. The number of hydrogen-bond donors (Lipinski definition) is 1. The number of nitrogens with zero attached hydrogens (tertiary/aromatic N) is 3. The van der Waals surface area contributed by atoms with Gasteiger partial charge in [-0.3, -0.25) is 9.59 Å². The molecule has 2 aromatic carbocycles. The van der Waals surface area contributed by atoms with Gasteiger partial charge in [0.1, 0.15) is 0 Å². The molecule has 0 atom stereocenters. The van der Waals surface area contributed by atoms with Crippen LogP contribution in [0.5, 0.6) is 0 Å². The lowest BCUT2D eigenvalue weighted by Crippen LogP contribution is -2.31. The zero-order chi connectivity index (χ0) is 19.9. The Balaban J connectivity index is 1.62. The van der Waals surface area contributed by atoms with Gasteiger partial charge in [0.05, 0.1) is 12.1 Å². The van der Waals surface area contributed by atoms with Crippen molar-refractivity contribution in [1.29, 1.82) is 0 Å². The van der Waals surface area contributed by atoms with Gasteiger partial charge in [-0.15, -0.1) is 0 Å². The fraction of sp³-hybridized carbons (Fsp3) is 0.227. The molecule has 0 bridgehead atoms. The lowest BCUT2D eigenvalue weighted by molar-refractivity contribution is -0.130. The minimum atomic E-state index is -0.276. The van der Waals surface area contributed by atoms with E-state index >= 15 is 0 Å². The number of nitrogens with one attached hydrogen (secondary N) is 1. The van der Waals surface area contributed by atoms with E-state index in [-0.39, 0.29) is 11.8 Å². The molecule has 0 aliphatic rings. The topological polar surface area (TPSA) is 67.2 Å². The summed E-state index contributed by atoms with van der Waals surface area (Å²) in [5.41, 5.74) is 2.81. The molecule has 0 radical (unpaired) electrons. The van der Waals surface area contributed by atoms with Gasteiger partial charge in [-0.05, 0) is 49.7 Å². The summed E-state index contributed by atoms with van der Waals surface area (Å²) in [5.74, 6) is -0.171. The summed E-state index contributed by atoms with van der Waals surface area (Å²) in [7, 11) is 0. The average Bonchev–Trinajstić information content (AvgIpc) is 3.21. The zero-order valence-corrected chi connectivity index (χ0v) is 16.1. The van der Waals surface area contributed by atoms with Crippen LogP contribution in [0.15, 0.2) is 66.9 Å². The normalized spacial score (nSPS) is 10.5. The van der Waals surface area contributed by atoms with Crippen LogP contribution in [-0.4, -0.2) is 39.6 Å². The van der Waals surface area contributed by atoms with Crippen LogP contribution in [0.3, 0.4) is 0 Å². The summed E-state index contributed by atoms with van der Waals surface area (Å²) in [6.45, 7) is 5.36. The molecular weight excluding hydrogens is 352 g/mol. The van der Waals surface area contributed by atoms with E-state index < -0.39 is 0 Å². The van der Waals surface area contributed by atoms with Crippen molar-refractivity contribution >= 4 is 17.5 Å². The zero-order valence-electron chi connectivity index (χ0n) is 16.1. The van der Waals surface area contributed by atoms with E-state index in [1.54, 1.807) is 34.0 Å². The molecule has 0 aliphatic carbocycles. The molecule has 1 aromatic heterocycles. The first-order chi connectivity index (χ1) is 13.6. The Kier molecular flexibility index (Phi) is 6.22. The number of aromatic nitrogens is 2. The fourth-order valence-electron chi connectivity index (χ4n) is 2.93. The van der Waals surface area contributed by atoms with Crippen LogP contribution < -0.4 is 5.32 Å². The number of para-hydroxylation sites is 1. The van der Waals surface area contributed by atoms with Gasteiger partial charge in [-0.25, -0.2) is 4.68 Å². The van der Waals surface area contributed by atoms with Crippen molar-refractivity contribution in [2.45, 2.75) is 20.3 Å². The van der Waals surface area contributed by atoms with Crippen LogP contribution >= 0.6 is 0 Å². The van der Waals surface area contributed by atoms with Crippen molar-refractivity contribution in [1.82, 2.24) is 14.7 Å². The van der Waals surface area contributed by atoms with Crippen LogP contribution in [0.25, 0.3) is 5.69 Å². The third-order valence-electron chi connectivity index (χ3n) is 4.53. The lowest BCUT2D eigenvalue weighted by atomic mass is 10.1. The van der Waals surface area contributed by atoms with E-state index in [1.165, 1.54) is 0 Å². The first kappa shape index (κ1) is 19.4. The molecule has 0 saturated carbocycles. The molecule has 0 saturated heterocycles. The molecule has 2 amide bonds. The van der Waals surface area contributed by atoms with Gasteiger partial charge < -0.3 is 10.2 Å². The monoisotopic (exact) mass is 376 g/mol. The van der Waals surface area contributed by atoms with Crippen LogP contribution in [-0.2, 0) is 11.2 Å². The molecule has 3 rings (SSSR count). The van der Waals surface area contributed by atoms with Gasteiger partial charge in [-0.1, -0.05) is 30.3 Å². The van der Waals surface area contributed by atoms with E-state index in [0.717, 1.165) is 11.3 Å². The highest BCUT2D eigenvalue weighted by Crippen LogP contribution is 2.13. The van der Waals surface area contributed by atoms with Gasteiger partial charge >= 0.3 is 0 Å². The van der Waals surface area contributed by atoms with E-state index in [9.17, 15) is 9.59 Å². The van der Waals surface area contributed by atoms with Crippen molar-refractivity contribution in [3.63, 3.8) is 0 Å². The Hall–Kier alpha value is -3.41. The summed E-state index contributed by atoms with van der Waals surface area (Å²) >= 11 is 0. The molecule has 3 aromatic rings. The van der Waals surface area contributed by atoms with E-state index in [2.05, 4.69) is 10.4 Å². The number of benzene rings is 2. The number of rotatable bonds is 7. The lowest BCUT2D eigenvalue weighted by Gasteiger charge is -2.18. The SMILES string of the molecule is CCN(CC)C(=O)Cc1ccc(NC(=O)c2ccn(-c3ccccc3)n2)cc1. The summed E-state index contributed by atoms with van der Waals surface area (Å²) in [4.78, 5) is 26.4. The summed E-state index contributed by atoms with van der Waals surface area (Å²) in [6.07, 6.45) is 2.11. The highest BCUT2D eigenvalue weighted by molar-refractivity contribution is 6.02. The Morgan fingerprint density at radius 2 is 1.64 bits per heavy atom. The second-order valence-corrected chi connectivity index (χ2v) is 6.37. The molecule has 0 fully saturated rings. The van der Waals surface area contributed by atoms with Crippen LogP contribution in [0.1, 0.15) is 29.9 Å². The quantitative estimate of drug-likeness (QED) is 0.686. The van der Waals surface area contributed by atoms with Crippen molar-refractivity contribution in [3.8, 4) is 5.69 Å².